The highest BCUT2D eigenvalue weighted by molar-refractivity contribution is 5.90. The van der Waals surface area contributed by atoms with E-state index in [0.29, 0.717) is 12.4 Å². The molecule has 2 aromatic rings. The van der Waals surface area contributed by atoms with Gasteiger partial charge in [-0.2, -0.15) is 0 Å². The number of hydrogen-bond donors (Lipinski definition) is 1. The monoisotopic (exact) mass is 326 g/mol. The summed E-state index contributed by atoms with van der Waals surface area (Å²) in [7, 11) is 3.91. The van der Waals surface area contributed by atoms with Gasteiger partial charge in [0, 0.05) is 51.2 Å². The molecule has 4 rings (SSSR count). The van der Waals surface area contributed by atoms with Gasteiger partial charge in [-0.05, 0) is 31.2 Å². The maximum atomic E-state index is 12.7. The molecule has 1 N–H and O–H groups in total. The van der Waals surface area contributed by atoms with E-state index in [9.17, 15) is 4.79 Å². The summed E-state index contributed by atoms with van der Waals surface area (Å²) in [5.41, 5.74) is 2.33. The normalized spacial score (nSPS) is 22.7. The lowest BCUT2D eigenvalue weighted by molar-refractivity contribution is 0.0622. The van der Waals surface area contributed by atoms with Gasteiger partial charge in [0.1, 0.15) is 0 Å². The molecule has 24 heavy (non-hydrogen) atoms. The number of aromatic nitrogens is 4. The topological polar surface area (TPSA) is 78.0 Å². The fraction of sp³-hybridized carbons (Fsp3) is 0.529. The first kappa shape index (κ1) is 15.1. The fourth-order valence-corrected chi connectivity index (χ4v) is 3.98. The van der Waals surface area contributed by atoms with Crippen LogP contribution in [-0.2, 0) is 11.8 Å². The van der Waals surface area contributed by atoms with Gasteiger partial charge in [0.25, 0.3) is 5.91 Å². The van der Waals surface area contributed by atoms with E-state index in [1.807, 2.05) is 30.1 Å². The van der Waals surface area contributed by atoms with Crippen molar-refractivity contribution in [3.8, 4) is 0 Å². The second-order valence-electron chi connectivity index (χ2n) is 6.99. The molecule has 1 fully saturated rings. The lowest BCUT2D eigenvalue weighted by atomic mass is 9.77. The minimum atomic E-state index is -0.0382. The Hall–Kier alpha value is -2.44. The number of H-pyrrole nitrogens is 1. The molecule has 2 aliphatic rings. The molecule has 1 aliphatic heterocycles. The molecule has 0 radical (unpaired) electrons. The minimum absolute atomic E-state index is 0.0191. The highest BCUT2D eigenvalue weighted by atomic mass is 16.2. The molecule has 0 saturated carbocycles. The smallest absolute Gasteiger partial charge is 0.289 e. The zero-order chi connectivity index (χ0) is 16.7. The van der Waals surface area contributed by atoms with Gasteiger partial charge in [0.15, 0.2) is 5.82 Å². The van der Waals surface area contributed by atoms with Crippen molar-refractivity contribution in [2.24, 2.45) is 0 Å². The third-order valence-electron chi connectivity index (χ3n) is 5.19. The summed E-state index contributed by atoms with van der Waals surface area (Å²) in [4.78, 5) is 32.8. The van der Waals surface area contributed by atoms with E-state index in [0.717, 1.165) is 43.9 Å². The van der Waals surface area contributed by atoms with Crippen LogP contribution in [0.25, 0.3) is 0 Å². The SMILES string of the molecule is CN(C)c1ncc2c(n1)C1(CCCN(C(=O)c3ncc[nH]3)C1)CC2. The van der Waals surface area contributed by atoms with Gasteiger partial charge < -0.3 is 14.8 Å². The number of fused-ring (bicyclic) bond motifs is 2. The molecule has 1 saturated heterocycles. The van der Waals surface area contributed by atoms with Crippen molar-refractivity contribution in [2.75, 3.05) is 32.1 Å². The van der Waals surface area contributed by atoms with E-state index < -0.39 is 0 Å². The highest BCUT2D eigenvalue weighted by Crippen LogP contribution is 2.44. The van der Waals surface area contributed by atoms with Gasteiger partial charge in [0.2, 0.25) is 5.95 Å². The van der Waals surface area contributed by atoms with Crippen molar-refractivity contribution in [1.82, 2.24) is 24.8 Å². The fourth-order valence-electron chi connectivity index (χ4n) is 3.98. The number of carbonyl (C=O) groups is 1. The van der Waals surface area contributed by atoms with E-state index >= 15 is 0 Å². The molecular formula is C17H22N6O. The van der Waals surface area contributed by atoms with Crippen molar-refractivity contribution in [2.45, 2.75) is 31.1 Å². The molecule has 1 aliphatic carbocycles. The number of nitrogens with one attached hydrogen (secondary N) is 1. The second kappa shape index (κ2) is 5.58. The zero-order valence-electron chi connectivity index (χ0n) is 14.1. The van der Waals surface area contributed by atoms with Crippen LogP contribution in [0.4, 0.5) is 5.95 Å². The summed E-state index contributed by atoms with van der Waals surface area (Å²) in [6.45, 7) is 1.49. The third kappa shape index (κ3) is 2.35. The van der Waals surface area contributed by atoms with Crippen molar-refractivity contribution in [3.05, 3.63) is 35.7 Å². The molecule has 2 aromatic heterocycles. The minimum Gasteiger partial charge on any atom is -0.347 e. The maximum Gasteiger partial charge on any atom is 0.289 e. The molecule has 1 unspecified atom stereocenters. The number of likely N-dealkylation sites (tertiary alicyclic amines) is 1. The molecule has 1 atom stereocenters. The predicted octanol–water partition coefficient (Wildman–Crippen LogP) is 1.39. The average molecular weight is 326 g/mol. The van der Waals surface area contributed by atoms with Crippen LogP contribution in [0.5, 0.6) is 0 Å². The number of carbonyl (C=O) groups excluding carboxylic acids is 1. The summed E-state index contributed by atoms with van der Waals surface area (Å²) < 4.78 is 0. The number of imidazole rings is 1. The molecule has 1 spiro atoms. The number of anilines is 1. The molecule has 0 bridgehead atoms. The molecule has 7 nitrogen and oxygen atoms in total. The molecule has 3 heterocycles. The number of rotatable bonds is 2. The van der Waals surface area contributed by atoms with Crippen LogP contribution < -0.4 is 4.90 Å². The van der Waals surface area contributed by atoms with Gasteiger partial charge in [-0.3, -0.25) is 4.79 Å². The van der Waals surface area contributed by atoms with Crippen LogP contribution in [0, 0.1) is 0 Å². The first-order valence-electron chi connectivity index (χ1n) is 8.41. The summed E-state index contributed by atoms with van der Waals surface area (Å²) in [5, 5.41) is 0. The van der Waals surface area contributed by atoms with Crippen molar-refractivity contribution < 1.29 is 4.79 Å². The van der Waals surface area contributed by atoms with Gasteiger partial charge in [-0.15, -0.1) is 0 Å². The van der Waals surface area contributed by atoms with Gasteiger partial charge in [-0.1, -0.05) is 0 Å². The largest absolute Gasteiger partial charge is 0.347 e. The first-order valence-corrected chi connectivity index (χ1v) is 8.41. The van der Waals surface area contributed by atoms with Crippen LogP contribution in [-0.4, -0.2) is 57.9 Å². The van der Waals surface area contributed by atoms with Crippen LogP contribution in [0.2, 0.25) is 0 Å². The first-order chi connectivity index (χ1) is 11.6. The Kier molecular flexibility index (Phi) is 3.51. The number of nitrogens with zero attached hydrogens (tertiary/aromatic N) is 5. The highest BCUT2D eigenvalue weighted by Gasteiger charge is 2.45. The summed E-state index contributed by atoms with van der Waals surface area (Å²) in [6.07, 6.45) is 9.36. The summed E-state index contributed by atoms with van der Waals surface area (Å²) in [6, 6.07) is 0. The van der Waals surface area contributed by atoms with Crippen molar-refractivity contribution in [3.63, 3.8) is 0 Å². The molecule has 1 amide bonds. The number of hydrogen-bond acceptors (Lipinski definition) is 5. The Bertz CT molecular complexity index is 752. The Morgan fingerprint density at radius 3 is 2.96 bits per heavy atom. The van der Waals surface area contributed by atoms with Gasteiger partial charge in [-0.25, -0.2) is 15.0 Å². The lowest BCUT2D eigenvalue weighted by Crippen LogP contribution is -2.48. The lowest BCUT2D eigenvalue weighted by Gasteiger charge is -2.40. The number of aromatic amines is 1. The number of piperidine rings is 1. The van der Waals surface area contributed by atoms with Crippen LogP contribution in [0.15, 0.2) is 18.6 Å². The van der Waals surface area contributed by atoms with E-state index in [4.69, 9.17) is 4.98 Å². The third-order valence-corrected chi connectivity index (χ3v) is 5.19. The van der Waals surface area contributed by atoms with Crippen molar-refractivity contribution >= 4 is 11.9 Å². The number of aryl methyl sites for hydroxylation is 1. The van der Waals surface area contributed by atoms with E-state index in [1.165, 1.54) is 5.56 Å². The van der Waals surface area contributed by atoms with E-state index in [-0.39, 0.29) is 11.3 Å². The molecule has 0 aromatic carbocycles. The van der Waals surface area contributed by atoms with E-state index in [1.54, 1.807) is 12.4 Å². The Labute approximate surface area is 141 Å². The standard InChI is InChI=1S/C17H22N6O/c1-22(2)16-20-10-12-4-6-17(13(12)21-16)5-3-9-23(11-17)15(24)14-18-7-8-19-14/h7-8,10H,3-6,9,11H2,1-2H3,(H,18,19). The Morgan fingerprint density at radius 1 is 1.33 bits per heavy atom. The van der Waals surface area contributed by atoms with Crippen LogP contribution >= 0.6 is 0 Å². The van der Waals surface area contributed by atoms with Gasteiger partial charge in [0.05, 0.1) is 5.69 Å². The quantitative estimate of drug-likeness (QED) is 0.902. The molecule has 7 heteroatoms. The van der Waals surface area contributed by atoms with Crippen molar-refractivity contribution in [1.29, 1.82) is 0 Å². The Balaban J connectivity index is 1.65. The van der Waals surface area contributed by atoms with Crippen LogP contribution in [0.3, 0.4) is 0 Å². The van der Waals surface area contributed by atoms with E-state index in [2.05, 4.69) is 15.0 Å². The second-order valence-corrected chi connectivity index (χ2v) is 6.99. The predicted molar refractivity (Wildman–Crippen MR) is 90.1 cm³/mol. The number of amides is 1. The summed E-state index contributed by atoms with van der Waals surface area (Å²) in [5.74, 6) is 1.14. The Morgan fingerprint density at radius 2 is 2.21 bits per heavy atom. The molecular weight excluding hydrogens is 304 g/mol. The zero-order valence-corrected chi connectivity index (χ0v) is 14.1. The average Bonchev–Trinajstić information content (AvgIpc) is 3.23. The maximum absolute atomic E-state index is 12.7. The summed E-state index contributed by atoms with van der Waals surface area (Å²) >= 11 is 0. The van der Waals surface area contributed by atoms with Crippen LogP contribution in [0.1, 0.15) is 41.1 Å². The molecule has 126 valence electrons. The van der Waals surface area contributed by atoms with Gasteiger partial charge >= 0.3 is 0 Å².